The molecule has 3 aromatic carbocycles. The minimum Gasteiger partial charge on any atom is -0.453 e. The number of carbonyl (C=O) groups excluding carboxylic acids is 4. The number of nitrogens with one attached hydrogen (secondary N) is 4. The fraction of sp³-hybridized carbons (Fsp3) is 0.405. The highest BCUT2D eigenvalue weighted by molar-refractivity contribution is 5.98. The van der Waals surface area contributed by atoms with Crippen molar-refractivity contribution in [1.82, 2.24) is 15.5 Å². The maximum absolute atomic E-state index is 13.4. The number of methoxy groups -OCH3 is 1. The van der Waals surface area contributed by atoms with Gasteiger partial charge in [-0.2, -0.15) is 0 Å². The zero-order valence-electron chi connectivity index (χ0n) is 27.3. The van der Waals surface area contributed by atoms with Crippen molar-refractivity contribution in [3.63, 3.8) is 0 Å². The van der Waals surface area contributed by atoms with E-state index >= 15 is 0 Å². The average Bonchev–Trinajstić information content (AvgIpc) is 3.81. The average molecular weight is 640 g/mol. The smallest absolute Gasteiger partial charge is 0.407 e. The van der Waals surface area contributed by atoms with Gasteiger partial charge in [-0.3, -0.25) is 14.4 Å². The third-order valence-electron chi connectivity index (χ3n) is 9.05. The van der Waals surface area contributed by atoms with Gasteiger partial charge < -0.3 is 30.9 Å². The van der Waals surface area contributed by atoms with Gasteiger partial charge >= 0.3 is 6.09 Å². The Bertz CT molecular complexity index is 1520. The molecule has 2 aliphatic rings. The van der Waals surface area contributed by atoms with Crippen LogP contribution in [0.5, 0.6) is 0 Å². The Hall–Kier alpha value is -4.70. The van der Waals surface area contributed by atoms with Gasteiger partial charge in [0.25, 0.3) is 0 Å². The van der Waals surface area contributed by atoms with E-state index in [9.17, 15) is 19.2 Å². The molecule has 47 heavy (non-hydrogen) atoms. The quantitative estimate of drug-likeness (QED) is 0.232. The lowest BCUT2D eigenvalue weighted by molar-refractivity contribution is -0.139. The van der Waals surface area contributed by atoms with Crippen molar-refractivity contribution in [1.29, 1.82) is 0 Å². The molecular formula is C37H45N5O5. The molecular weight excluding hydrogens is 594 g/mol. The van der Waals surface area contributed by atoms with Crippen LogP contribution < -0.4 is 21.3 Å². The van der Waals surface area contributed by atoms with E-state index in [2.05, 4.69) is 45.5 Å². The molecule has 4 N–H and O–H groups in total. The van der Waals surface area contributed by atoms with Crippen molar-refractivity contribution in [2.24, 2.45) is 5.92 Å². The molecule has 2 saturated heterocycles. The zero-order chi connectivity index (χ0) is 33.3. The molecule has 4 amide bonds. The molecule has 0 saturated carbocycles. The third kappa shape index (κ3) is 8.56. The predicted molar refractivity (Wildman–Crippen MR) is 182 cm³/mol. The third-order valence-corrected chi connectivity index (χ3v) is 9.05. The van der Waals surface area contributed by atoms with Crippen molar-refractivity contribution in [3.8, 4) is 0 Å². The van der Waals surface area contributed by atoms with Crippen LogP contribution in [0.4, 0.5) is 16.2 Å². The van der Waals surface area contributed by atoms with Crippen LogP contribution in [-0.2, 0) is 25.5 Å². The van der Waals surface area contributed by atoms with E-state index in [-0.39, 0.29) is 35.6 Å². The van der Waals surface area contributed by atoms with Crippen molar-refractivity contribution < 1.29 is 23.9 Å². The highest BCUT2D eigenvalue weighted by atomic mass is 16.5. The largest absolute Gasteiger partial charge is 0.453 e. The number of nitrogens with zero attached hydrogens (tertiary/aromatic N) is 1. The standard InChI is InChI=1S/C37H45N5O5/c1-24(2)33(41-37(46)47-3)36(45)42-22-8-12-32(42)35(44)40-28-17-13-25(14-18-28)23-30(26-9-5-4-6-10-26)27-15-19-29(20-16-27)39-34(43)31-11-7-21-38-31/h4-6,9-10,13-20,24,30-33,38H,7-8,11-12,21-23H2,1-3H3,(H,39,43)(H,40,44)(H,41,46)/t30?,31-,32-,33-/m0/s1. The summed E-state index contributed by atoms with van der Waals surface area (Å²) in [5.74, 6) is -0.613. The monoisotopic (exact) mass is 639 g/mol. The van der Waals surface area contributed by atoms with E-state index < -0.39 is 18.2 Å². The minimum absolute atomic E-state index is 0.00426. The molecule has 4 atom stereocenters. The summed E-state index contributed by atoms with van der Waals surface area (Å²) in [7, 11) is 1.26. The number of amides is 4. The van der Waals surface area contributed by atoms with E-state index in [1.807, 2.05) is 68.4 Å². The highest BCUT2D eigenvalue weighted by Crippen LogP contribution is 2.30. The predicted octanol–water partition coefficient (Wildman–Crippen LogP) is 5.06. The maximum atomic E-state index is 13.4. The second kappa shape index (κ2) is 15.7. The summed E-state index contributed by atoms with van der Waals surface area (Å²) in [6.07, 6.45) is 3.19. The van der Waals surface area contributed by atoms with Crippen LogP contribution in [0.2, 0.25) is 0 Å². The van der Waals surface area contributed by atoms with Crippen molar-refractivity contribution in [3.05, 3.63) is 95.6 Å². The number of rotatable bonds is 11. The van der Waals surface area contributed by atoms with E-state index in [1.54, 1.807) is 4.90 Å². The first-order valence-electron chi connectivity index (χ1n) is 16.5. The van der Waals surface area contributed by atoms with Gasteiger partial charge in [-0.05, 0) is 85.5 Å². The number of ether oxygens (including phenoxy) is 1. The number of anilines is 2. The number of likely N-dealkylation sites (tertiary alicyclic amines) is 1. The first-order chi connectivity index (χ1) is 22.7. The van der Waals surface area contributed by atoms with Gasteiger partial charge in [0.05, 0.1) is 13.2 Å². The summed E-state index contributed by atoms with van der Waals surface area (Å²) < 4.78 is 4.70. The Kier molecular flexibility index (Phi) is 11.3. The lowest BCUT2D eigenvalue weighted by Gasteiger charge is -2.30. The Morgan fingerprint density at radius 2 is 1.47 bits per heavy atom. The molecule has 10 nitrogen and oxygen atoms in total. The molecule has 0 bridgehead atoms. The van der Waals surface area contributed by atoms with Gasteiger partial charge in [0, 0.05) is 23.8 Å². The fourth-order valence-electron chi connectivity index (χ4n) is 6.42. The molecule has 248 valence electrons. The number of carbonyl (C=O) groups is 4. The summed E-state index contributed by atoms with van der Waals surface area (Å²) in [6.45, 7) is 5.02. The first-order valence-corrected chi connectivity index (χ1v) is 16.5. The second-order valence-corrected chi connectivity index (χ2v) is 12.7. The Labute approximate surface area is 276 Å². The van der Waals surface area contributed by atoms with Crippen LogP contribution in [-0.4, -0.2) is 67.0 Å². The van der Waals surface area contributed by atoms with Crippen molar-refractivity contribution in [2.45, 2.75) is 70.0 Å². The summed E-state index contributed by atoms with van der Waals surface area (Å²) in [6, 6.07) is 24.7. The van der Waals surface area contributed by atoms with Gasteiger partial charge in [0.1, 0.15) is 12.1 Å². The Morgan fingerprint density at radius 1 is 0.830 bits per heavy atom. The van der Waals surface area contributed by atoms with Gasteiger partial charge in [-0.25, -0.2) is 4.79 Å². The normalized spacial score (nSPS) is 18.8. The fourth-order valence-corrected chi connectivity index (χ4v) is 6.42. The summed E-state index contributed by atoms with van der Waals surface area (Å²) in [5.41, 5.74) is 4.86. The molecule has 0 spiro atoms. The number of hydrogen-bond acceptors (Lipinski definition) is 6. The summed E-state index contributed by atoms with van der Waals surface area (Å²) in [5, 5.41) is 11.9. The van der Waals surface area contributed by atoms with Gasteiger partial charge in [-0.1, -0.05) is 68.4 Å². The zero-order valence-corrected chi connectivity index (χ0v) is 27.3. The molecule has 10 heteroatoms. The molecule has 2 fully saturated rings. The molecule has 3 aromatic rings. The summed E-state index contributed by atoms with van der Waals surface area (Å²) in [4.78, 5) is 52.7. The van der Waals surface area contributed by atoms with E-state index in [0.29, 0.717) is 25.1 Å². The summed E-state index contributed by atoms with van der Waals surface area (Å²) >= 11 is 0. The molecule has 2 aliphatic heterocycles. The van der Waals surface area contributed by atoms with Crippen LogP contribution in [0.3, 0.4) is 0 Å². The van der Waals surface area contributed by atoms with Gasteiger partial charge in [0.15, 0.2) is 0 Å². The number of alkyl carbamates (subject to hydrolysis) is 1. The van der Waals surface area contributed by atoms with Crippen LogP contribution in [0, 0.1) is 5.92 Å². The Balaban J connectivity index is 1.24. The van der Waals surface area contributed by atoms with E-state index in [0.717, 1.165) is 42.6 Å². The van der Waals surface area contributed by atoms with Crippen LogP contribution in [0.15, 0.2) is 78.9 Å². The van der Waals surface area contributed by atoms with Gasteiger partial charge in [0.2, 0.25) is 17.7 Å². The molecule has 2 heterocycles. The number of hydrogen-bond donors (Lipinski definition) is 4. The van der Waals surface area contributed by atoms with Crippen molar-refractivity contribution >= 4 is 35.2 Å². The Morgan fingerprint density at radius 3 is 2.09 bits per heavy atom. The lowest BCUT2D eigenvalue weighted by Crippen LogP contribution is -2.54. The first kappa shape index (κ1) is 33.7. The highest BCUT2D eigenvalue weighted by Gasteiger charge is 2.38. The van der Waals surface area contributed by atoms with Crippen LogP contribution in [0.1, 0.15) is 62.1 Å². The maximum Gasteiger partial charge on any atom is 0.407 e. The molecule has 0 radical (unpaired) electrons. The minimum atomic E-state index is -0.781. The lowest BCUT2D eigenvalue weighted by atomic mass is 9.86. The van der Waals surface area contributed by atoms with Crippen LogP contribution in [0.25, 0.3) is 0 Å². The van der Waals surface area contributed by atoms with E-state index in [4.69, 9.17) is 4.74 Å². The SMILES string of the molecule is COC(=O)N[C@H](C(=O)N1CCC[C@H]1C(=O)Nc1ccc(CC(c2ccccc2)c2ccc(NC(=O)[C@@H]3CCCN3)cc2)cc1)C(C)C. The molecule has 5 rings (SSSR count). The molecule has 1 unspecified atom stereocenters. The molecule has 0 aromatic heterocycles. The molecule has 0 aliphatic carbocycles. The van der Waals surface area contributed by atoms with E-state index in [1.165, 1.54) is 12.7 Å². The van der Waals surface area contributed by atoms with Crippen LogP contribution >= 0.6 is 0 Å². The number of benzene rings is 3. The topological polar surface area (TPSA) is 129 Å². The second-order valence-electron chi connectivity index (χ2n) is 12.7. The van der Waals surface area contributed by atoms with Crippen molar-refractivity contribution in [2.75, 3.05) is 30.8 Å². The van der Waals surface area contributed by atoms with Gasteiger partial charge in [-0.15, -0.1) is 0 Å².